The summed E-state index contributed by atoms with van der Waals surface area (Å²) in [6, 6.07) is -0.272. The van der Waals surface area contributed by atoms with Crippen molar-refractivity contribution >= 4 is 24.0 Å². The first-order valence-corrected chi connectivity index (χ1v) is 11.9. The highest BCUT2D eigenvalue weighted by molar-refractivity contribution is 5.99. The molecule has 2 saturated heterocycles. The van der Waals surface area contributed by atoms with E-state index in [2.05, 4.69) is 48.1 Å². The van der Waals surface area contributed by atoms with Gasteiger partial charge in [-0.25, -0.2) is 19.4 Å². The van der Waals surface area contributed by atoms with Crippen LogP contribution in [0.2, 0.25) is 0 Å². The van der Waals surface area contributed by atoms with E-state index in [9.17, 15) is 19.2 Å². The molecule has 35 heavy (non-hydrogen) atoms. The summed E-state index contributed by atoms with van der Waals surface area (Å²) in [5, 5.41) is 0. The second-order valence-electron chi connectivity index (χ2n) is 9.19. The molecule has 0 aromatic heterocycles. The Balaban J connectivity index is 0.000000209. The standard InChI is InChI=1S/C13H17NO3.C8H11NO3.C5H6.CH4/c1-7-6-17-13(16)14(7)12(15)11-8(2)9-3-4-10(11)5-9;1-3-4-7(10)9-6(2)5-12-8(9)11;1-2-4-5-3-1;/h3-4,7-11H,5-6H2,1-2H3;3-4,6H,5H2,1-2H3;1-4H,5H2;1H4. The average molecular weight is 487 g/mol. The third kappa shape index (κ3) is 6.29. The molecular weight excluding hydrogens is 448 g/mol. The van der Waals surface area contributed by atoms with Gasteiger partial charge in [-0.05, 0) is 57.4 Å². The Bertz CT molecular complexity index is 911. The third-order valence-electron chi connectivity index (χ3n) is 6.75. The predicted molar refractivity (Wildman–Crippen MR) is 133 cm³/mol. The molecule has 6 unspecified atom stereocenters. The first-order chi connectivity index (χ1) is 16.3. The first kappa shape index (κ1) is 28.1. The van der Waals surface area contributed by atoms with Crippen LogP contribution in [0.4, 0.5) is 9.59 Å². The van der Waals surface area contributed by atoms with Crippen molar-refractivity contribution in [3.8, 4) is 0 Å². The largest absolute Gasteiger partial charge is 0.447 e. The summed E-state index contributed by atoms with van der Waals surface area (Å²) in [5.41, 5.74) is 0. The smallest absolute Gasteiger partial charge is 0.417 e. The fourth-order valence-corrected chi connectivity index (χ4v) is 4.90. The minimum atomic E-state index is -0.550. The third-order valence-corrected chi connectivity index (χ3v) is 6.75. The SMILES string of the molecule is C.C1=CCC=C1.CC1C2C=CC(C2)C1C(=O)N1C(=O)OCC1C.CC=CC(=O)N1C(=O)OCC1C. The van der Waals surface area contributed by atoms with E-state index >= 15 is 0 Å². The Hall–Kier alpha value is -3.16. The van der Waals surface area contributed by atoms with E-state index in [1.54, 1.807) is 19.9 Å². The Kier molecular flexibility index (Phi) is 10.0. The molecular formula is C27H38N2O6. The summed E-state index contributed by atoms with van der Waals surface area (Å²) in [6.45, 7) is 8.09. The maximum Gasteiger partial charge on any atom is 0.417 e. The van der Waals surface area contributed by atoms with Crippen LogP contribution in [0.1, 0.15) is 48.0 Å². The van der Waals surface area contributed by atoms with E-state index in [-0.39, 0.29) is 37.2 Å². The Morgan fingerprint density at radius 1 is 0.914 bits per heavy atom. The van der Waals surface area contributed by atoms with Crippen LogP contribution in [-0.4, -0.2) is 59.1 Å². The molecule has 3 fully saturated rings. The van der Waals surface area contributed by atoms with Gasteiger partial charge in [0.15, 0.2) is 0 Å². The van der Waals surface area contributed by atoms with Crippen LogP contribution in [0.5, 0.6) is 0 Å². The molecule has 3 aliphatic carbocycles. The van der Waals surface area contributed by atoms with Gasteiger partial charge in [0, 0.05) is 5.92 Å². The quantitative estimate of drug-likeness (QED) is 0.408. The lowest BCUT2D eigenvalue weighted by atomic mass is 9.83. The van der Waals surface area contributed by atoms with Gasteiger partial charge >= 0.3 is 12.2 Å². The van der Waals surface area contributed by atoms with Crippen molar-refractivity contribution in [2.24, 2.45) is 23.7 Å². The van der Waals surface area contributed by atoms with E-state index in [0.29, 0.717) is 31.0 Å². The average Bonchev–Trinajstić information content (AvgIpc) is 3.61. The fourth-order valence-electron chi connectivity index (χ4n) is 4.90. The lowest BCUT2D eigenvalue weighted by Crippen LogP contribution is -2.44. The van der Waals surface area contributed by atoms with Gasteiger partial charge in [0.2, 0.25) is 5.91 Å². The highest BCUT2D eigenvalue weighted by Gasteiger charge is 2.50. The number of imide groups is 2. The van der Waals surface area contributed by atoms with Crippen LogP contribution in [0.25, 0.3) is 0 Å². The van der Waals surface area contributed by atoms with E-state index < -0.39 is 12.2 Å². The number of rotatable bonds is 2. The number of fused-ring (bicyclic) bond motifs is 2. The molecule has 6 atom stereocenters. The van der Waals surface area contributed by atoms with Crippen LogP contribution in [0, 0.1) is 23.7 Å². The number of carbonyl (C=O) groups is 4. The molecule has 0 aromatic rings. The summed E-state index contributed by atoms with van der Waals surface area (Å²) in [7, 11) is 0. The molecule has 5 rings (SSSR count). The fraction of sp³-hybridized carbons (Fsp3) is 0.556. The molecule has 192 valence electrons. The Morgan fingerprint density at radius 2 is 1.46 bits per heavy atom. The number of amides is 4. The van der Waals surface area contributed by atoms with E-state index in [4.69, 9.17) is 4.74 Å². The van der Waals surface area contributed by atoms with Crippen molar-refractivity contribution in [2.45, 2.75) is 60.0 Å². The lowest BCUT2D eigenvalue weighted by Gasteiger charge is -2.28. The molecule has 8 heteroatoms. The summed E-state index contributed by atoms with van der Waals surface area (Å²) < 4.78 is 9.60. The molecule has 2 aliphatic heterocycles. The zero-order valence-corrected chi connectivity index (χ0v) is 20.3. The minimum absolute atomic E-state index is 0. The van der Waals surface area contributed by atoms with E-state index in [0.717, 1.165) is 17.7 Å². The minimum Gasteiger partial charge on any atom is -0.447 e. The van der Waals surface area contributed by atoms with Crippen LogP contribution >= 0.6 is 0 Å². The maximum absolute atomic E-state index is 12.5. The van der Waals surface area contributed by atoms with Gasteiger partial charge in [-0.15, -0.1) is 0 Å². The van der Waals surface area contributed by atoms with Crippen LogP contribution in [-0.2, 0) is 19.1 Å². The molecule has 2 bridgehead atoms. The summed E-state index contributed by atoms with van der Waals surface area (Å²) in [4.78, 5) is 48.6. The maximum atomic E-state index is 12.5. The van der Waals surface area contributed by atoms with E-state index in [1.807, 2.05) is 6.92 Å². The van der Waals surface area contributed by atoms with Gasteiger partial charge in [-0.3, -0.25) is 9.59 Å². The van der Waals surface area contributed by atoms with E-state index in [1.165, 1.54) is 11.0 Å². The van der Waals surface area contributed by atoms with Gasteiger partial charge in [0.1, 0.15) is 13.2 Å². The molecule has 0 spiro atoms. The number of ether oxygens (including phenoxy) is 2. The van der Waals surface area contributed by atoms with Crippen molar-refractivity contribution in [3.05, 3.63) is 48.6 Å². The van der Waals surface area contributed by atoms with Gasteiger partial charge in [-0.2, -0.15) is 0 Å². The highest BCUT2D eigenvalue weighted by atomic mass is 16.6. The zero-order valence-electron chi connectivity index (χ0n) is 20.3. The number of hydrogen-bond acceptors (Lipinski definition) is 6. The molecule has 4 amide bonds. The molecule has 5 aliphatic rings. The normalized spacial score (nSPS) is 31.5. The number of hydrogen-bond donors (Lipinski definition) is 0. The summed E-state index contributed by atoms with van der Waals surface area (Å²) in [5.74, 6) is 0.805. The second kappa shape index (κ2) is 12.5. The first-order valence-electron chi connectivity index (χ1n) is 11.9. The predicted octanol–water partition coefficient (Wildman–Crippen LogP) is 4.88. The number of allylic oxidation sites excluding steroid dienone is 7. The number of carbonyl (C=O) groups excluding carboxylic acids is 4. The topological polar surface area (TPSA) is 93.2 Å². The molecule has 0 N–H and O–H groups in total. The Labute approximate surface area is 208 Å². The molecule has 0 aromatic carbocycles. The van der Waals surface area contributed by atoms with Gasteiger partial charge in [0.25, 0.3) is 5.91 Å². The van der Waals surface area contributed by atoms with Crippen molar-refractivity contribution in [1.82, 2.24) is 9.80 Å². The van der Waals surface area contributed by atoms with Crippen molar-refractivity contribution in [2.75, 3.05) is 13.2 Å². The highest BCUT2D eigenvalue weighted by Crippen LogP contribution is 2.48. The van der Waals surface area contributed by atoms with Gasteiger partial charge < -0.3 is 9.47 Å². The molecule has 0 radical (unpaired) electrons. The molecule has 2 heterocycles. The van der Waals surface area contributed by atoms with Crippen molar-refractivity contribution < 1.29 is 28.7 Å². The molecule has 1 saturated carbocycles. The lowest BCUT2D eigenvalue weighted by molar-refractivity contribution is -0.135. The monoisotopic (exact) mass is 486 g/mol. The second-order valence-corrected chi connectivity index (χ2v) is 9.19. The zero-order chi connectivity index (χ0) is 24.8. The van der Waals surface area contributed by atoms with Crippen LogP contribution in [0.15, 0.2) is 48.6 Å². The van der Waals surface area contributed by atoms with Crippen LogP contribution < -0.4 is 0 Å². The number of cyclic esters (lactones) is 2. The summed E-state index contributed by atoms with van der Waals surface area (Å²) in [6.07, 6.45) is 16.8. The number of nitrogens with zero attached hydrogens (tertiary/aromatic N) is 2. The van der Waals surface area contributed by atoms with Gasteiger partial charge in [-0.1, -0.05) is 56.9 Å². The van der Waals surface area contributed by atoms with Crippen LogP contribution in [0.3, 0.4) is 0 Å². The Morgan fingerprint density at radius 3 is 1.86 bits per heavy atom. The molecule has 8 nitrogen and oxygen atoms in total. The van der Waals surface area contributed by atoms with Crippen molar-refractivity contribution in [1.29, 1.82) is 0 Å². The van der Waals surface area contributed by atoms with Gasteiger partial charge in [0.05, 0.1) is 12.1 Å². The summed E-state index contributed by atoms with van der Waals surface area (Å²) >= 11 is 0. The van der Waals surface area contributed by atoms with Crippen molar-refractivity contribution in [3.63, 3.8) is 0 Å².